The third-order valence-electron chi connectivity index (χ3n) is 2.91. The van der Waals surface area contributed by atoms with Gasteiger partial charge in [0.2, 0.25) is 11.9 Å². The Morgan fingerprint density at radius 2 is 2.00 bits per heavy atom. The predicted molar refractivity (Wildman–Crippen MR) is 74.4 cm³/mol. The van der Waals surface area contributed by atoms with Crippen molar-refractivity contribution in [1.82, 2.24) is 15.3 Å². The van der Waals surface area contributed by atoms with Crippen molar-refractivity contribution in [2.75, 3.05) is 18.5 Å². The number of amides is 1. The number of anilines is 1. The number of likely N-dealkylation sites (N-methyl/N-ethyl adjacent to an activating group) is 1. The fraction of sp³-hybridized carbons (Fsp3) is 0.538. The minimum Gasteiger partial charge on any atom is -0.480 e. The van der Waals surface area contributed by atoms with Crippen LogP contribution in [0.25, 0.3) is 0 Å². The van der Waals surface area contributed by atoms with Gasteiger partial charge in [0, 0.05) is 19.4 Å². The Labute approximate surface area is 118 Å². The van der Waals surface area contributed by atoms with Crippen LogP contribution in [0.2, 0.25) is 0 Å². The summed E-state index contributed by atoms with van der Waals surface area (Å²) in [6.45, 7) is 3.38. The Hall–Kier alpha value is -2.18. The first-order chi connectivity index (χ1) is 9.39. The quantitative estimate of drug-likeness (QED) is 0.762. The molecule has 2 N–H and O–H groups in total. The van der Waals surface area contributed by atoms with Crippen molar-refractivity contribution in [2.45, 2.75) is 32.2 Å². The van der Waals surface area contributed by atoms with Gasteiger partial charge in [0.15, 0.2) is 0 Å². The van der Waals surface area contributed by atoms with E-state index in [0.29, 0.717) is 18.8 Å². The lowest BCUT2D eigenvalue weighted by atomic mass is 9.96. The molecule has 0 saturated heterocycles. The molecule has 1 amide bonds. The summed E-state index contributed by atoms with van der Waals surface area (Å²) in [5, 5.41) is 11.8. The number of aromatic nitrogens is 2. The number of hydrogen-bond donors (Lipinski definition) is 2. The van der Waals surface area contributed by atoms with Crippen LogP contribution in [0.15, 0.2) is 18.5 Å². The first-order valence-electron chi connectivity index (χ1n) is 6.41. The summed E-state index contributed by atoms with van der Waals surface area (Å²) in [4.78, 5) is 32.8. The van der Waals surface area contributed by atoms with Crippen LogP contribution in [0.1, 0.15) is 26.7 Å². The molecule has 7 nitrogen and oxygen atoms in total. The van der Waals surface area contributed by atoms with Crippen molar-refractivity contribution in [3.05, 3.63) is 18.5 Å². The molecule has 0 aliphatic heterocycles. The molecule has 1 aromatic heterocycles. The number of hydrogen-bond acceptors (Lipinski definition) is 5. The van der Waals surface area contributed by atoms with Crippen LogP contribution in [-0.2, 0) is 9.59 Å². The molecule has 20 heavy (non-hydrogen) atoms. The minimum atomic E-state index is -1.25. The Bertz CT molecular complexity index is 466. The van der Waals surface area contributed by atoms with E-state index in [0.717, 1.165) is 0 Å². The summed E-state index contributed by atoms with van der Waals surface area (Å²) in [7, 11) is 1.67. The van der Waals surface area contributed by atoms with Gasteiger partial charge < -0.3 is 15.3 Å². The monoisotopic (exact) mass is 280 g/mol. The molecule has 0 spiro atoms. The maximum Gasteiger partial charge on any atom is 0.329 e. The molecule has 1 aromatic rings. The van der Waals surface area contributed by atoms with Crippen LogP contribution >= 0.6 is 0 Å². The lowest BCUT2D eigenvalue weighted by molar-refractivity contribution is -0.147. The molecule has 0 bridgehead atoms. The largest absolute Gasteiger partial charge is 0.480 e. The van der Waals surface area contributed by atoms with Gasteiger partial charge in [-0.25, -0.2) is 14.8 Å². The van der Waals surface area contributed by atoms with E-state index >= 15 is 0 Å². The number of nitrogens with zero attached hydrogens (tertiary/aromatic N) is 3. The Morgan fingerprint density at radius 3 is 2.50 bits per heavy atom. The molecule has 1 rings (SSSR count). The Morgan fingerprint density at radius 1 is 1.40 bits per heavy atom. The van der Waals surface area contributed by atoms with Crippen LogP contribution in [-0.4, -0.2) is 46.1 Å². The van der Waals surface area contributed by atoms with E-state index in [4.69, 9.17) is 0 Å². The standard InChI is InChI=1S/C13H20N4O3/c1-4-6-13(2,11(19)20)16-10(18)9-17(3)12-14-7-5-8-15-12/h5,7-8H,4,6,9H2,1-3H3,(H,16,18)(H,19,20). The van der Waals surface area contributed by atoms with E-state index in [1.165, 1.54) is 6.92 Å². The van der Waals surface area contributed by atoms with E-state index in [-0.39, 0.29) is 12.5 Å². The molecule has 0 aromatic carbocycles. The number of carbonyl (C=O) groups is 2. The molecular formula is C13H20N4O3. The second kappa shape index (κ2) is 6.83. The topological polar surface area (TPSA) is 95.4 Å². The average molecular weight is 280 g/mol. The Balaban J connectivity index is 2.65. The third kappa shape index (κ3) is 4.18. The highest BCUT2D eigenvalue weighted by Crippen LogP contribution is 2.12. The number of carboxylic acids is 1. The average Bonchev–Trinajstić information content (AvgIpc) is 2.39. The highest BCUT2D eigenvalue weighted by molar-refractivity contribution is 5.88. The first-order valence-corrected chi connectivity index (χ1v) is 6.41. The normalized spacial score (nSPS) is 13.3. The summed E-state index contributed by atoms with van der Waals surface area (Å²) in [6, 6.07) is 1.68. The molecule has 1 heterocycles. The lowest BCUT2D eigenvalue weighted by Crippen LogP contribution is -2.54. The first kappa shape index (κ1) is 15.9. The smallest absolute Gasteiger partial charge is 0.329 e. The second-order valence-corrected chi connectivity index (χ2v) is 4.84. The van der Waals surface area contributed by atoms with E-state index in [9.17, 15) is 14.7 Å². The molecule has 0 aliphatic carbocycles. The predicted octanol–water partition coefficient (Wildman–Crippen LogP) is 0.672. The van der Waals surface area contributed by atoms with Crippen molar-refractivity contribution < 1.29 is 14.7 Å². The van der Waals surface area contributed by atoms with Gasteiger partial charge in [0.25, 0.3) is 0 Å². The minimum absolute atomic E-state index is 0.00338. The maximum absolute atomic E-state index is 12.0. The van der Waals surface area contributed by atoms with Gasteiger partial charge in [-0.2, -0.15) is 0 Å². The van der Waals surface area contributed by atoms with Gasteiger partial charge in [-0.05, 0) is 19.4 Å². The van der Waals surface area contributed by atoms with Gasteiger partial charge in [-0.15, -0.1) is 0 Å². The molecular weight excluding hydrogens is 260 g/mol. The number of nitrogens with one attached hydrogen (secondary N) is 1. The van der Waals surface area contributed by atoms with Gasteiger partial charge in [-0.3, -0.25) is 4.79 Å². The van der Waals surface area contributed by atoms with Crippen molar-refractivity contribution >= 4 is 17.8 Å². The molecule has 7 heteroatoms. The zero-order valence-corrected chi connectivity index (χ0v) is 12.0. The van der Waals surface area contributed by atoms with Crippen molar-refractivity contribution in [3.63, 3.8) is 0 Å². The van der Waals surface area contributed by atoms with Crippen molar-refractivity contribution in [1.29, 1.82) is 0 Å². The van der Waals surface area contributed by atoms with Crippen LogP contribution in [0.4, 0.5) is 5.95 Å². The highest BCUT2D eigenvalue weighted by atomic mass is 16.4. The molecule has 0 aliphatic rings. The second-order valence-electron chi connectivity index (χ2n) is 4.84. The van der Waals surface area contributed by atoms with Gasteiger partial charge in [-0.1, -0.05) is 13.3 Å². The van der Waals surface area contributed by atoms with Crippen LogP contribution < -0.4 is 10.2 Å². The van der Waals surface area contributed by atoms with Gasteiger partial charge in [0.05, 0.1) is 6.54 Å². The molecule has 1 atom stereocenters. The van der Waals surface area contributed by atoms with E-state index in [1.54, 1.807) is 30.4 Å². The summed E-state index contributed by atoms with van der Waals surface area (Å²) in [5.41, 5.74) is -1.25. The fourth-order valence-corrected chi connectivity index (χ4v) is 1.84. The highest BCUT2D eigenvalue weighted by Gasteiger charge is 2.33. The van der Waals surface area contributed by atoms with Gasteiger partial charge in [0.1, 0.15) is 5.54 Å². The van der Waals surface area contributed by atoms with Crippen molar-refractivity contribution in [3.8, 4) is 0 Å². The number of carbonyl (C=O) groups excluding carboxylic acids is 1. The van der Waals surface area contributed by atoms with Crippen molar-refractivity contribution in [2.24, 2.45) is 0 Å². The van der Waals surface area contributed by atoms with Crippen LogP contribution in [0.5, 0.6) is 0 Å². The number of rotatable bonds is 7. The molecule has 0 radical (unpaired) electrons. The lowest BCUT2D eigenvalue weighted by Gasteiger charge is -2.27. The summed E-state index contributed by atoms with van der Waals surface area (Å²) < 4.78 is 0. The van der Waals surface area contributed by atoms with E-state index in [2.05, 4.69) is 15.3 Å². The molecule has 0 fully saturated rings. The molecule has 110 valence electrons. The maximum atomic E-state index is 12.0. The molecule has 0 saturated carbocycles. The van der Waals surface area contributed by atoms with Crippen LogP contribution in [0.3, 0.4) is 0 Å². The third-order valence-corrected chi connectivity index (χ3v) is 2.91. The fourth-order valence-electron chi connectivity index (χ4n) is 1.84. The summed E-state index contributed by atoms with van der Waals surface area (Å²) in [6.07, 6.45) is 4.20. The number of carboxylic acid groups (broad SMARTS) is 1. The summed E-state index contributed by atoms with van der Waals surface area (Å²) >= 11 is 0. The van der Waals surface area contributed by atoms with E-state index < -0.39 is 11.5 Å². The number of aliphatic carboxylic acids is 1. The SMILES string of the molecule is CCCC(C)(NC(=O)CN(C)c1ncccn1)C(=O)O. The Kier molecular flexibility index (Phi) is 5.42. The van der Waals surface area contributed by atoms with Gasteiger partial charge >= 0.3 is 5.97 Å². The zero-order valence-electron chi connectivity index (χ0n) is 12.0. The molecule has 1 unspecified atom stereocenters. The van der Waals surface area contributed by atoms with E-state index in [1.807, 2.05) is 6.92 Å². The zero-order chi connectivity index (χ0) is 15.2. The summed E-state index contributed by atoms with van der Waals surface area (Å²) in [5.74, 6) is -1.00. The van der Waals surface area contributed by atoms with Crippen LogP contribution in [0, 0.1) is 0 Å².